The SMILES string of the molecule is Cc1ccc(C(=O)NC(NC(=S)Nc2cccc(Br)c2)C(=O)c2ccccc2)cc1. The van der Waals surface area contributed by atoms with Crippen LogP contribution in [0.1, 0.15) is 26.3 Å². The molecular formula is C23H20BrN3O2S. The van der Waals surface area contributed by atoms with Gasteiger partial charge in [-0.15, -0.1) is 0 Å². The zero-order chi connectivity index (χ0) is 21.5. The van der Waals surface area contributed by atoms with Crippen molar-refractivity contribution in [1.29, 1.82) is 0 Å². The molecule has 0 saturated carbocycles. The molecule has 1 unspecified atom stereocenters. The number of aryl methyl sites for hydroxylation is 1. The largest absolute Gasteiger partial charge is 0.336 e. The maximum atomic E-state index is 13.0. The summed E-state index contributed by atoms with van der Waals surface area (Å²) in [5, 5.41) is 8.90. The van der Waals surface area contributed by atoms with E-state index in [1.165, 1.54) is 0 Å². The second kappa shape index (κ2) is 10.1. The van der Waals surface area contributed by atoms with E-state index < -0.39 is 6.17 Å². The number of carbonyl (C=O) groups excluding carboxylic acids is 2. The lowest BCUT2D eigenvalue weighted by molar-refractivity contribution is 0.0850. The first-order valence-electron chi connectivity index (χ1n) is 9.22. The van der Waals surface area contributed by atoms with E-state index >= 15 is 0 Å². The second-order valence-electron chi connectivity index (χ2n) is 6.61. The fraction of sp³-hybridized carbons (Fsp3) is 0.0870. The number of amides is 1. The summed E-state index contributed by atoms with van der Waals surface area (Å²) in [6.45, 7) is 1.94. The smallest absolute Gasteiger partial charge is 0.253 e. The van der Waals surface area contributed by atoms with Crippen LogP contribution in [0.3, 0.4) is 0 Å². The summed E-state index contributed by atoms with van der Waals surface area (Å²) in [7, 11) is 0. The van der Waals surface area contributed by atoms with Crippen LogP contribution in [0.25, 0.3) is 0 Å². The molecule has 0 aliphatic carbocycles. The Balaban J connectivity index is 1.78. The molecule has 0 saturated heterocycles. The number of rotatable bonds is 6. The lowest BCUT2D eigenvalue weighted by Gasteiger charge is -2.21. The summed E-state index contributed by atoms with van der Waals surface area (Å²) < 4.78 is 0.889. The quantitative estimate of drug-likeness (QED) is 0.270. The third-order valence-corrected chi connectivity index (χ3v) is 4.98. The van der Waals surface area contributed by atoms with E-state index in [0.717, 1.165) is 15.7 Å². The molecule has 0 spiro atoms. The molecule has 0 bridgehead atoms. The molecule has 7 heteroatoms. The molecule has 1 atom stereocenters. The van der Waals surface area contributed by atoms with Gasteiger partial charge < -0.3 is 16.0 Å². The number of benzene rings is 3. The Kier molecular flexibility index (Phi) is 7.32. The minimum absolute atomic E-state index is 0.214. The van der Waals surface area contributed by atoms with Gasteiger partial charge in [-0.3, -0.25) is 9.59 Å². The maximum absolute atomic E-state index is 13.0. The first kappa shape index (κ1) is 21.7. The number of anilines is 1. The van der Waals surface area contributed by atoms with E-state index in [1.807, 2.05) is 49.4 Å². The Morgan fingerprint density at radius 1 is 0.867 bits per heavy atom. The van der Waals surface area contributed by atoms with Gasteiger partial charge in [0, 0.05) is 21.3 Å². The van der Waals surface area contributed by atoms with Crippen LogP contribution in [0.4, 0.5) is 5.69 Å². The third-order valence-electron chi connectivity index (χ3n) is 4.27. The number of halogens is 1. The van der Waals surface area contributed by atoms with Crippen molar-refractivity contribution in [2.45, 2.75) is 13.1 Å². The summed E-state index contributed by atoms with van der Waals surface area (Å²) in [6.07, 6.45) is -1.03. The highest BCUT2D eigenvalue weighted by atomic mass is 79.9. The van der Waals surface area contributed by atoms with Gasteiger partial charge in [-0.05, 0) is 49.5 Å². The predicted molar refractivity (Wildman–Crippen MR) is 127 cm³/mol. The zero-order valence-corrected chi connectivity index (χ0v) is 18.6. The van der Waals surface area contributed by atoms with E-state index in [9.17, 15) is 9.59 Å². The number of ketones is 1. The van der Waals surface area contributed by atoms with Crippen molar-refractivity contribution >= 4 is 50.6 Å². The standard InChI is InChI=1S/C23H20BrN3O2S/c1-15-10-12-17(13-11-15)22(29)26-21(20(28)16-6-3-2-4-7-16)27-23(30)25-19-9-5-8-18(24)14-19/h2-14,21H,1H3,(H,26,29)(H2,25,27,30). The van der Waals surface area contributed by atoms with Crippen LogP contribution in [0, 0.1) is 6.92 Å². The summed E-state index contributed by atoms with van der Waals surface area (Å²) in [5.41, 5.74) is 2.71. The number of Topliss-reactive ketones (excluding diaryl/α,β-unsaturated/α-hetero) is 1. The highest BCUT2D eigenvalue weighted by Gasteiger charge is 2.23. The maximum Gasteiger partial charge on any atom is 0.253 e. The fourth-order valence-electron chi connectivity index (χ4n) is 2.72. The van der Waals surface area contributed by atoms with Gasteiger partial charge in [0.05, 0.1) is 0 Å². The summed E-state index contributed by atoms with van der Waals surface area (Å²) in [5.74, 6) is -0.670. The molecule has 3 aromatic rings. The first-order chi connectivity index (χ1) is 14.4. The van der Waals surface area contributed by atoms with Crippen LogP contribution in [0.15, 0.2) is 83.3 Å². The molecule has 0 heterocycles. The van der Waals surface area contributed by atoms with E-state index in [0.29, 0.717) is 11.1 Å². The Morgan fingerprint density at radius 3 is 2.23 bits per heavy atom. The number of nitrogens with one attached hydrogen (secondary N) is 3. The van der Waals surface area contributed by atoms with Crippen LogP contribution >= 0.6 is 28.1 Å². The summed E-state index contributed by atoms with van der Waals surface area (Å²) in [4.78, 5) is 25.7. The van der Waals surface area contributed by atoms with Gasteiger partial charge >= 0.3 is 0 Å². The van der Waals surface area contributed by atoms with Crippen LogP contribution in [-0.2, 0) is 0 Å². The van der Waals surface area contributed by atoms with Gasteiger partial charge in [0.2, 0.25) is 5.78 Å². The van der Waals surface area contributed by atoms with E-state index in [-0.39, 0.29) is 16.8 Å². The topological polar surface area (TPSA) is 70.2 Å². The van der Waals surface area contributed by atoms with Gasteiger partial charge in [-0.25, -0.2) is 0 Å². The first-order valence-corrected chi connectivity index (χ1v) is 10.4. The fourth-order valence-corrected chi connectivity index (χ4v) is 3.36. The van der Waals surface area contributed by atoms with E-state index in [1.54, 1.807) is 36.4 Å². The highest BCUT2D eigenvalue weighted by Crippen LogP contribution is 2.15. The lowest BCUT2D eigenvalue weighted by Crippen LogP contribution is -2.53. The number of thiocarbonyl (C=S) groups is 1. The molecule has 3 N–H and O–H groups in total. The molecule has 1 amide bonds. The monoisotopic (exact) mass is 481 g/mol. The summed E-state index contributed by atoms with van der Waals surface area (Å²) >= 11 is 8.78. The Hall–Kier alpha value is -3.03. The molecule has 0 aliphatic rings. The van der Waals surface area contributed by atoms with Crippen LogP contribution < -0.4 is 16.0 Å². The molecule has 5 nitrogen and oxygen atoms in total. The summed E-state index contributed by atoms with van der Waals surface area (Å²) in [6, 6.07) is 23.3. The molecular weight excluding hydrogens is 462 g/mol. The van der Waals surface area contributed by atoms with E-state index in [2.05, 4.69) is 31.9 Å². The minimum Gasteiger partial charge on any atom is -0.336 e. The van der Waals surface area contributed by atoms with Crippen LogP contribution in [-0.4, -0.2) is 23.0 Å². The Morgan fingerprint density at radius 2 is 1.57 bits per heavy atom. The molecule has 0 aliphatic heterocycles. The molecule has 0 radical (unpaired) electrons. The highest BCUT2D eigenvalue weighted by molar-refractivity contribution is 9.10. The van der Waals surface area contributed by atoms with Gasteiger partial charge in [0.25, 0.3) is 5.91 Å². The van der Waals surface area contributed by atoms with Crippen LogP contribution in [0.2, 0.25) is 0 Å². The Bertz CT molecular complexity index is 1060. The molecule has 3 aromatic carbocycles. The molecule has 3 rings (SSSR count). The number of carbonyl (C=O) groups is 2. The van der Waals surface area contributed by atoms with Gasteiger partial charge in [0.15, 0.2) is 11.3 Å². The molecule has 30 heavy (non-hydrogen) atoms. The molecule has 0 aromatic heterocycles. The normalized spacial score (nSPS) is 11.3. The van der Waals surface area contributed by atoms with Crippen molar-refractivity contribution in [2.75, 3.05) is 5.32 Å². The van der Waals surface area contributed by atoms with Crippen molar-refractivity contribution in [2.24, 2.45) is 0 Å². The third kappa shape index (κ3) is 5.98. The van der Waals surface area contributed by atoms with Crippen molar-refractivity contribution < 1.29 is 9.59 Å². The number of hydrogen-bond acceptors (Lipinski definition) is 3. The van der Waals surface area contributed by atoms with Gasteiger partial charge in [0.1, 0.15) is 0 Å². The number of hydrogen-bond donors (Lipinski definition) is 3. The van der Waals surface area contributed by atoms with Crippen LogP contribution in [0.5, 0.6) is 0 Å². The average molecular weight is 482 g/mol. The van der Waals surface area contributed by atoms with Gasteiger partial charge in [-0.1, -0.05) is 70.0 Å². The minimum atomic E-state index is -1.03. The molecule has 0 fully saturated rings. The van der Waals surface area contributed by atoms with Crippen molar-refractivity contribution in [3.05, 3.63) is 100 Å². The predicted octanol–water partition coefficient (Wildman–Crippen LogP) is 4.68. The van der Waals surface area contributed by atoms with E-state index in [4.69, 9.17) is 12.2 Å². The van der Waals surface area contributed by atoms with Crippen molar-refractivity contribution in [1.82, 2.24) is 10.6 Å². The second-order valence-corrected chi connectivity index (χ2v) is 7.94. The zero-order valence-electron chi connectivity index (χ0n) is 16.2. The lowest BCUT2D eigenvalue weighted by atomic mass is 10.1. The molecule has 152 valence electrons. The van der Waals surface area contributed by atoms with Gasteiger partial charge in [-0.2, -0.15) is 0 Å². The average Bonchev–Trinajstić information content (AvgIpc) is 2.73. The Labute approximate surface area is 189 Å². The van der Waals surface area contributed by atoms with Crippen molar-refractivity contribution in [3.8, 4) is 0 Å². The van der Waals surface area contributed by atoms with Crippen molar-refractivity contribution in [3.63, 3.8) is 0 Å².